The minimum absolute atomic E-state index is 0.121. The van der Waals surface area contributed by atoms with Crippen molar-refractivity contribution in [2.75, 3.05) is 11.9 Å². The van der Waals surface area contributed by atoms with Crippen molar-refractivity contribution in [3.8, 4) is 0 Å². The van der Waals surface area contributed by atoms with Gasteiger partial charge >= 0.3 is 0 Å². The third kappa shape index (κ3) is 2.47. The molecule has 0 amide bonds. The summed E-state index contributed by atoms with van der Waals surface area (Å²) >= 11 is 0. The van der Waals surface area contributed by atoms with Gasteiger partial charge in [-0.2, -0.15) is 0 Å². The summed E-state index contributed by atoms with van der Waals surface area (Å²) in [6, 6.07) is 8.32. The summed E-state index contributed by atoms with van der Waals surface area (Å²) < 4.78 is 0. The lowest BCUT2D eigenvalue weighted by Gasteiger charge is -2.43. The second kappa shape index (κ2) is 5.09. The maximum atomic E-state index is 9.80. The van der Waals surface area contributed by atoms with Crippen LogP contribution in [0.2, 0.25) is 0 Å². The Morgan fingerprint density at radius 1 is 1.35 bits per heavy atom. The Bertz CT molecular complexity index is 377. The Labute approximate surface area is 104 Å². The third-order valence-electron chi connectivity index (χ3n) is 4.26. The van der Waals surface area contributed by atoms with Gasteiger partial charge in [0.1, 0.15) is 0 Å². The van der Waals surface area contributed by atoms with Gasteiger partial charge < -0.3 is 10.4 Å². The number of hydrogen-bond acceptors (Lipinski definition) is 2. The van der Waals surface area contributed by atoms with Crippen LogP contribution < -0.4 is 5.32 Å². The topological polar surface area (TPSA) is 32.3 Å². The SMILES string of the molecule is Cc1ccccc1NC1(CO)CCCCC1C. The van der Waals surface area contributed by atoms with E-state index in [4.69, 9.17) is 0 Å². The highest BCUT2D eigenvalue weighted by Crippen LogP contribution is 2.36. The molecule has 1 aromatic carbocycles. The molecule has 0 heterocycles. The van der Waals surface area contributed by atoms with Crippen molar-refractivity contribution in [1.29, 1.82) is 0 Å². The zero-order valence-electron chi connectivity index (χ0n) is 10.9. The molecular formula is C15H23NO. The van der Waals surface area contributed by atoms with Crippen LogP contribution in [-0.4, -0.2) is 17.3 Å². The van der Waals surface area contributed by atoms with E-state index in [1.807, 2.05) is 6.07 Å². The molecule has 1 saturated carbocycles. The van der Waals surface area contributed by atoms with E-state index in [0.29, 0.717) is 5.92 Å². The number of aliphatic hydroxyl groups excluding tert-OH is 1. The molecule has 1 aliphatic rings. The average molecular weight is 233 g/mol. The van der Waals surface area contributed by atoms with Crippen molar-refractivity contribution in [1.82, 2.24) is 0 Å². The van der Waals surface area contributed by atoms with Crippen LogP contribution in [0.3, 0.4) is 0 Å². The highest BCUT2D eigenvalue weighted by atomic mass is 16.3. The van der Waals surface area contributed by atoms with Crippen LogP contribution >= 0.6 is 0 Å². The number of hydrogen-bond donors (Lipinski definition) is 2. The molecule has 0 aromatic heterocycles. The van der Waals surface area contributed by atoms with Crippen LogP contribution in [0.5, 0.6) is 0 Å². The molecule has 2 heteroatoms. The van der Waals surface area contributed by atoms with Gasteiger partial charge in [0.15, 0.2) is 0 Å². The van der Waals surface area contributed by atoms with Gasteiger partial charge in [0.25, 0.3) is 0 Å². The lowest BCUT2D eigenvalue weighted by atomic mass is 9.74. The van der Waals surface area contributed by atoms with E-state index >= 15 is 0 Å². The van der Waals surface area contributed by atoms with Gasteiger partial charge in [-0.15, -0.1) is 0 Å². The fraction of sp³-hybridized carbons (Fsp3) is 0.600. The molecule has 2 rings (SSSR count). The Morgan fingerprint density at radius 2 is 2.12 bits per heavy atom. The van der Waals surface area contributed by atoms with Crippen LogP contribution in [0.25, 0.3) is 0 Å². The average Bonchev–Trinajstić information content (AvgIpc) is 2.35. The standard InChI is InChI=1S/C15H23NO/c1-12-7-3-4-9-14(12)16-15(11-17)10-6-5-8-13(15)2/h3-4,7,9,13,16-17H,5-6,8,10-11H2,1-2H3. The molecule has 94 valence electrons. The molecule has 1 fully saturated rings. The van der Waals surface area contributed by atoms with E-state index < -0.39 is 0 Å². The Hall–Kier alpha value is -1.02. The third-order valence-corrected chi connectivity index (χ3v) is 4.26. The monoisotopic (exact) mass is 233 g/mol. The lowest BCUT2D eigenvalue weighted by Crippen LogP contribution is -2.50. The normalized spacial score (nSPS) is 29.0. The number of nitrogens with one attached hydrogen (secondary N) is 1. The summed E-state index contributed by atoms with van der Waals surface area (Å²) in [6.07, 6.45) is 4.78. The molecule has 2 nitrogen and oxygen atoms in total. The Morgan fingerprint density at radius 3 is 2.76 bits per heavy atom. The van der Waals surface area contributed by atoms with E-state index in [1.54, 1.807) is 0 Å². The Kier molecular flexibility index (Phi) is 3.72. The summed E-state index contributed by atoms with van der Waals surface area (Å²) in [5, 5.41) is 13.4. The van der Waals surface area contributed by atoms with Crippen molar-refractivity contribution < 1.29 is 5.11 Å². The van der Waals surface area contributed by atoms with Gasteiger partial charge in [-0.05, 0) is 37.3 Å². The van der Waals surface area contributed by atoms with Gasteiger partial charge in [-0.3, -0.25) is 0 Å². The van der Waals surface area contributed by atoms with Crippen LogP contribution in [0.1, 0.15) is 38.2 Å². The molecule has 0 saturated heterocycles. The second-order valence-electron chi connectivity index (χ2n) is 5.40. The van der Waals surface area contributed by atoms with Crippen molar-refractivity contribution in [3.63, 3.8) is 0 Å². The molecule has 17 heavy (non-hydrogen) atoms. The molecule has 2 atom stereocenters. The lowest BCUT2D eigenvalue weighted by molar-refractivity contribution is 0.126. The summed E-state index contributed by atoms with van der Waals surface area (Å²) in [7, 11) is 0. The molecular weight excluding hydrogens is 210 g/mol. The van der Waals surface area contributed by atoms with Gasteiger partial charge in [0.2, 0.25) is 0 Å². The number of para-hydroxylation sites is 1. The van der Waals surface area contributed by atoms with Crippen molar-refractivity contribution in [3.05, 3.63) is 29.8 Å². The van der Waals surface area contributed by atoms with Crippen molar-refractivity contribution in [2.24, 2.45) is 5.92 Å². The largest absolute Gasteiger partial charge is 0.394 e. The molecule has 2 unspecified atom stereocenters. The summed E-state index contributed by atoms with van der Waals surface area (Å²) in [5.41, 5.74) is 2.29. The first-order chi connectivity index (χ1) is 8.18. The Balaban J connectivity index is 2.22. The van der Waals surface area contributed by atoms with Gasteiger partial charge in [-0.1, -0.05) is 38.0 Å². The van der Waals surface area contributed by atoms with Crippen LogP contribution in [-0.2, 0) is 0 Å². The van der Waals surface area contributed by atoms with Crippen molar-refractivity contribution in [2.45, 2.75) is 45.1 Å². The first-order valence-corrected chi connectivity index (χ1v) is 6.62. The summed E-state index contributed by atoms with van der Waals surface area (Å²) in [4.78, 5) is 0. The zero-order chi connectivity index (χ0) is 12.3. The smallest absolute Gasteiger partial charge is 0.0664 e. The number of aryl methyl sites for hydroxylation is 1. The fourth-order valence-electron chi connectivity index (χ4n) is 2.86. The van der Waals surface area contributed by atoms with E-state index in [0.717, 1.165) is 12.1 Å². The zero-order valence-corrected chi connectivity index (χ0v) is 10.9. The van der Waals surface area contributed by atoms with Crippen LogP contribution in [0, 0.1) is 12.8 Å². The number of anilines is 1. The number of benzene rings is 1. The van der Waals surface area contributed by atoms with Crippen LogP contribution in [0.15, 0.2) is 24.3 Å². The van der Waals surface area contributed by atoms with E-state index in [1.165, 1.54) is 24.8 Å². The highest BCUT2D eigenvalue weighted by Gasteiger charge is 2.37. The summed E-state index contributed by atoms with van der Waals surface area (Å²) in [6.45, 7) is 4.59. The number of aliphatic hydroxyl groups is 1. The van der Waals surface area contributed by atoms with Crippen LogP contribution in [0.4, 0.5) is 5.69 Å². The quantitative estimate of drug-likeness (QED) is 0.839. The molecule has 0 bridgehead atoms. The predicted octanol–water partition coefficient (Wildman–Crippen LogP) is 3.35. The number of rotatable bonds is 3. The molecule has 1 aromatic rings. The molecule has 0 radical (unpaired) electrons. The second-order valence-corrected chi connectivity index (χ2v) is 5.40. The molecule has 0 spiro atoms. The highest BCUT2D eigenvalue weighted by molar-refractivity contribution is 5.52. The van der Waals surface area contributed by atoms with E-state index in [9.17, 15) is 5.11 Å². The van der Waals surface area contributed by atoms with Gasteiger partial charge in [0, 0.05) is 5.69 Å². The minimum atomic E-state index is -0.121. The molecule has 1 aliphatic carbocycles. The maximum Gasteiger partial charge on any atom is 0.0664 e. The minimum Gasteiger partial charge on any atom is -0.394 e. The van der Waals surface area contributed by atoms with E-state index in [-0.39, 0.29) is 12.1 Å². The predicted molar refractivity (Wildman–Crippen MR) is 72.3 cm³/mol. The van der Waals surface area contributed by atoms with Gasteiger partial charge in [0.05, 0.1) is 12.1 Å². The molecule has 0 aliphatic heterocycles. The van der Waals surface area contributed by atoms with E-state index in [2.05, 4.69) is 37.4 Å². The first-order valence-electron chi connectivity index (χ1n) is 6.62. The van der Waals surface area contributed by atoms with Crippen molar-refractivity contribution >= 4 is 5.69 Å². The fourth-order valence-corrected chi connectivity index (χ4v) is 2.86. The maximum absolute atomic E-state index is 9.80. The first kappa shape index (κ1) is 12.4. The molecule has 2 N–H and O–H groups in total. The summed E-state index contributed by atoms with van der Waals surface area (Å²) in [5.74, 6) is 0.529. The van der Waals surface area contributed by atoms with Gasteiger partial charge in [-0.25, -0.2) is 0 Å².